The first kappa shape index (κ1) is 18.3. The van der Waals surface area contributed by atoms with Gasteiger partial charge >= 0.3 is 5.97 Å². The van der Waals surface area contributed by atoms with Crippen molar-refractivity contribution in [2.75, 3.05) is 6.54 Å². The molecule has 1 aliphatic rings. The molecule has 0 radical (unpaired) electrons. The highest BCUT2D eigenvalue weighted by Gasteiger charge is 2.27. The van der Waals surface area contributed by atoms with Gasteiger partial charge in [0.2, 0.25) is 0 Å². The number of guanidine groups is 1. The van der Waals surface area contributed by atoms with E-state index in [-0.39, 0.29) is 30.3 Å². The predicted molar refractivity (Wildman–Crippen MR) is 88.9 cm³/mol. The molecule has 0 aliphatic heterocycles. The van der Waals surface area contributed by atoms with Crippen LogP contribution in [-0.2, 0) is 16.1 Å². The Morgan fingerprint density at radius 2 is 1.86 bits per heavy atom. The van der Waals surface area contributed by atoms with Gasteiger partial charge in [0.25, 0.3) is 0 Å². The van der Waals surface area contributed by atoms with Gasteiger partial charge < -0.3 is 15.8 Å². The van der Waals surface area contributed by atoms with E-state index in [1.54, 1.807) is 0 Å². The van der Waals surface area contributed by atoms with Crippen LogP contribution >= 0.6 is 12.4 Å². The number of hydrogen-bond donors (Lipinski definition) is 3. The fourth-order valence-electron chi connectivity index (χ4n) is 2.70. The van der Waals surface area contributed by atoms with Crippen molar-refractivity contribution < 1.29 is 9.53 Å². The molecule has 1 aromatic carbocycles. The number of benzene rings is 1. The fraction of sp³-hybridized carbons (Fsp3) is 0.500. The number of nitrogens with two attached hydrogens (primary N) is 1. The van der Waals surface area contributed by atoms with Crippen LogP contribution in [0.5, 0.6) is 0 Å². The van der Waals surface area contributed by atoms with Gasteiger partial charge in [-0.05, 0) is 37.2 Å². The zero-order chi connectivity index (χ0) is 15.1. The van der Waals surface area contributed by atoms with Crippen molar-refractivity contribution in [1.29, 1.82) is 5.41 Å². The highest BCUT2D eigenvalue weighted by Crippen LogP contribution is 2.29. The summed E-state index contributed by atoms with van der Waals surface area (Å²) >= 11 is 0. The first-order chi connectivity index (χ1) is 10.1. The molecule has 0 amide bonds. The highest BCUT2D eigenvalue weighted by atomic mass is 35.5. The minimum absolute atomic E-state index is 0. The smallest absolute Gasteiger partial charge is 0.309 e. The van der Waals surface area contributed by atoms with Crippen molar-refractivity contribution in [3.05, 3.63) is 35.9 Å². The van der Waals surface area contributed by atoms with E-state index in [1.807, 2.05) is 30.3 Å². The molecule has 1 aromatic rings. The Hall–Kier alpha value is -1.75. The zero-order valence-corrected chi connectivity index (χ0v) is 13.4. The number of carbonyl (C=O) groups excluding carboxylic acids is 1. The number of ether oxygens (including phenoxy) is 1. The van der Waals surface area contributed by atoms with Gasteiger partial charge in [-0.15, -0.1) is 12.4 Å². The second-order valence-electron chi connectivity index (χ2n) is 5.61. The average Bonchev–Trinajstić information content (AvgIpc) is 2.52. The lowest BCUT2D eigenvalue weighted by Crippen LogP contribution is -2.36. The summed E-state index contributed by atoms with van der Waals surface area (Å²) in [7, 11) is 0. The first-order valence-corrected chi connectivity index (χ1v) is 7.43. The van der Waals surface area contributed by atoms with Gasteiger partial charge in [0.1, 0.15) is 6.61 Å². The Labute approximate surface area is 137 Å². The van der Waals surface area contributed by atoms with Crippen LogP contribution in [0, 0.1) is 17.2 Å². The zero-order valence-electron chi connectivity index (χ0n) is 12.6. The van der Waals surface area contributed by atoms with Gasteiger partial charge in [-0.2, -0.15) is 0 Å². The maximum Gasteiger partial charge on any atom is 0.309 e. The van der Waals surface area contributed by atoms with E-state index in [0.29, 0.717) is 12.5 Å². The van der Waals surface area contributed by atoms with Crippen LogP contribution in [0.15, 0.2) is 30.3 Å². The van der Waals surface area contributed by atoms with Gasteiger partial charge in [0.15, 0.2) is 5.96 Å². The Bertz CT molecular complexity index is 474. The first-order valence-electron chi connectivity index (χ1n) is 7.43. The summed E-state index contributed by atoms with van der Waals surface area (Å²) in [5.41, 5.74) is 6.30. The predicted octanol–water partition coefficient (Wildman–Crippen LogP) is 2.44. The summed E-state index contributed by atoms with van der Waals surface area (Å²) in [6.45, 7) is 1.08. The third kappa shape index (κ3) is 5.93. The molecule has 0 unspecified atom stereocenters. The van der Waals surface area contributed by atoms with Crippen LogP contribution in [-0.4, -0.2) is 18.5 Å². The Balaban J connectivity index is 0.00000242. The molecule has 0 heterocycles. The molecule has 0 spiro atoms. The lowest BCUT2D eigenvalue weighted by molar-refractivity contribution is -0.151. The van der Waals surface area contributed by atoms with Crippen LogP contribution in [0.1, 0.15) is 31.2 Å². The second-order valence-corrected chi connectivity index (χ2v) is 5.61. The molecule has 1 fully saturated rings. The van der Waals surface area contributed by atoms with E-state index in [0.717, 1.165) is 37.8 Å². The molecule has 122 valence electrons. The summed E-state index contributed by atoms with van der Waals surface area (Å²) in [6, 6.07) is 9.74. The van der Waals surface area contributed by atoms with Crippen LogP contribution in [0.4, 0.5) is 0 Å². The standard InChI is InChI=1S/C16H23N3O2.ClH/c17-16(18)19-10-12-6-8-14(9-7-12)15(20)21-11-13-4-2-1-3-5-13;/h1-5,12,14H,6-11H2,(H4,17,18,19);1H/t12-,14-;. The molecule has 2 rings (SSSR count). The van der Waals surface area contributed by atoms with E-state index < -0.39 is 0 Å². The third-order valence-corrected chi connectivity index (χ3v) is 3.99. The molecule has 0 atom stereocenters. The Morgan fingerprint density at radius 1 is 1.23 bits per heavy atom. The van der Waals surface area contributed by atoms with Crippen molar-refractivity contribution in [3.8, 4) is 0 Å². The summed E-state index contributed by atoms with van der Waals surface area (Å²) < 4.78 is 5.39. The van der Waals surface area contributed by atoms with Gasteiger partial charge in [-0.25, -0.2) is 0 Å². The van der Waals surface area contributed by atoms with Crippen LogP contribution in [0.2, 0.25) is 0 Å². The number of rotatable bonds is 5. The number of halogens is 1. The molecular weight excluding hydrogens is 302 g/mol. The maximum absolute atomic E-state index is 12.1. The fourth-order valence-corrected chi connectivity index (χ4v) is 2.70. The van der Waals surface area contributed by atoms with Gasteiger partial charge in [-0.3, -0.25) is 10.2 Å². The number of nitrogens with one attached hydrogen (secondary N) is 2. The Morgan fingerprint density at radius 3 is 2.45 bits per heavy atom. The van der Waals surface area contributed by atoms with Crippen LogP contribution in [0.25, 0.3) is 0 Å². The normalized spacial score (nSPS) is 20.5. The second kappa shape index (κ2) is 9.30. The summed E-state index contributed by atoms with van der Waals surface area (Å²) in [4.78, 5) is 12.1. The Kier molecular flexibility index (Phi) is 7.74. The summed E-state index contributed by atoms with van der Waals surface area (Å²) in [6.07, 6.45) is 3.67. The van der Waals surface area contributed by atoms with E-state index in [4.69, 9.17) is 15.9 Å². The molecule has 0 saturated heterocycles. The quantitative estimate of drug-likeness (QED) is 0.441. The van der Waals surface area contributed by atoms with Crippen molar-refractivity contribution in [2.24, 2.45) is 17.6 Å². The average molecular weight is 326 g/mol. The van der Waals surface area contributed by atoms with Gasteiger partial charge in [0, 0.05) is 6.54 Å². The molecule has 1 aliphatic carbocycles. The van der Waals surface area contributed by atoms with Gasteiger partial charge in [0.05, 0.1) is 5.92 Å². The molecule has 5 nitrogen and oxygen atoms in total. The van der Waals surface area contributed by atoms with Crippen LogP contribution < -0.4 is 11.1 Å². The highest BCUT2D eigenvalue weighted by molar-refractivity contribution is 5.85. The molecule has 22 heavy (non-hydrogen) atoms. The number of esters is 1. The SMILES string of the molecule is Cl.N=C(N)NC[C@H]1CC[C@H](C(=O)OCc2ccccc2)CC1. The molecule has 0 bridgehead atoms. The summed E-state index contributed by atoms with van der Waals surface area (Å²) in [5.74, 6) is 0.436. The van der Waals surface area contributed by atoms with E-state index in [2.05, 4.69) is 5.32 Å². The van der Waals surface area contributed by atoms with Crippen LogP contribution in [0.3, 0.4) is 0 Å². The van der Waals surface area contributed by atoms with E-state index in [9.17, 15) is 4.79 Å². The van der Waals surface area contributed by atoms with Crippen molar-refractivity contribution in [2.45, 2.75) is 32.3 Å². The minimum Gasteiger partial charge on any atom is -0.461 e. The third-order valence-electron chi connectivity index (χ3n) is 3.99. The topological polar surface area (TPSA) is 88.2 Å². The molecule has 4 N–H and O–H groups in total. The van der Waals surface area contributed by atoms with Crippen molar-refractivity contribution >= 4 is 24.3 Å². The molecule has 1 saturated carbocycles. The minimum atomic E-state index is -0.0863. The van der Waals surface area contributed by atoms with Crippen molar-refractivity contribution in [1.82, 2.24) is 5.32 Å². The number of carbonyl (C=O) groups is 1. The van der Waals surface area contributed by atoms with Crippen molar-refractivity contribution in [3.63, 3.8) is 0 Å². The number of hydrogen-bond acceptors (Lipinski definition) is 3. The van der Waals surface area contributed by atoms with E-state index >= 15 is 0 Å². The lowest BCUT2D eigenvalue weighted by Gasteiger charge is -2.27. The van der Waals surface area contributed by atoms with Gasteiger partial charge in [-0.1, -0.05) is 30.3 Å². The maximum atomic E-state index is 12.1. The largest absolute Gasteiger partial charge is 0.461 e. The molecule has 0 aromatic heterocycles. The molecular formula is C16H24ClN3O2. The lowest BCUT2D eigenvalue weighted by atomic mass is 9.82. The molecule has 6 heteroatoms. The summed E-state index contributed by atoms with van der Waals surface area (Å²) in [5, 5.41) is 10.0. The van der Waals surface area contributed by atoms with E-state index in [1.165, 1.54) is 0 Å². The monoisotopic (exact) mass is 325 g/mol.